The molecule has 0 aliphatic heterocycles. The predicted molar refractivity (Wildman–Crippen MR) is 104 cm³/mol. The van der Waals surface area contributed by atoms with Crippen molar-refractivity contribution < 1.29 is 9.53 Å². The Morgan fingerprint density at radius 2 is 1.92 bits per heavy atom. The van der Waals surface area contributed by atoms with E-state index in [1.54, 1.807) is 11.8 Å². The van der Waals surface area contributed by atoms with Gasteiger partial charge in [-0.1, -0.05) is 41.9 Å². The van der Waals surface area contributed by atoms with Crippen LogP contribution in [0.2, 0.25) is 0 Å². The van der Waals surface area contributed by atoms with Crippen molar-refractivity contribution in [1.82, 2.24) is 5.32 Å². The van der Waals surface area contributed by atoms with Crippen LogP contribution in [0.15, 0.2) is 51.8 Å². The average Bonchev–Trinajstić information content (AvgIpc) is 2.59. The SMILES string of the molecule is CSc1ccc(CNC(=O)COc2ccc(Br)cc2C(C)C)cc1. The molecule has 0 saturated carbocycles. The number of halogens is 1. The van der Waals surface area contributed by atoms with Crippen molar-refractivity contribution >= 4 is 33.6 Å². The first-order chi connectivity index (χ1) is 11.5. The highest BCUT2D eigenvalue weighted by molar-refractivity contribution is 9.10. The minimum Gasteiger partial charge on any atom is -0.483 e. The summed E-state index contributed by atoms with van der Waals surface area (Å²) in [5.41, 5.74) is 2.16. The Hall–Kier alpha value is -1.46. The van der Waals surface area contributed by atoms with Crippen LogP contribution in [0.1, 0.15) is 30.9 Å². The third-order valence-corrected chi connectivity index (χ3v) is 4.84. The summed E-state index contributed by atoms with van der Waals surface area (Å²) in [4.78, 5) is 13.2. The molecule has 0 bridgehead atoms. The topological polar surface area (TPSA) is 38.3 Å². The molecular weight excluding hydrogens is 386 g/mol. The third-order valence-electron chi connectivity index (χ3n) is 3.60. The molecule has 5 heteroatoms. The highest BCUT2D eigenvalue weighted by atomic mass is 79.9. The Balaban J connectivity index is 1.87. The fourth-order valence-corrected chi connectivity index (χ4v) is 3.03. The van der Waals surface area contributed by atoms with Crippen LogP contribution in [0.5, 0.6) is 5.75 Å². The van der Waals surface area contributed by atoms with Crippen LogP contribution in [0.25, 0.3) is 0 Å². The normalized spacial score (nSPS) is 10.7. The summed E-state index contributed by atoms with van der Waals surface area (Å²) in [6.45, 7) is 4.73. The van der Waals surface area contributed by atoms with Gasteiger partial charge in [0.2, 0.25) is 0 Å². The molecule has 0 aliphatic rings. The molecule has 0 saturated heterocycles. The van der Waals surface area contributed by atoms with Gasteiger partial charge in [-0.25, -0.2) is 0 Å². The molecule has 2 aromatic rings. The monoisotopic (exact) mass is 407 g/mol. The van der Waals surface area contributed by atoms with Crippen molar-refractivity contribution in [3.05, 3.63) is 58.1 Å². The average molecular weight is 408 g/mol. The smallest absolute Gasteiger partial charge is 0.258 e. The molecule has 3 nitrogen and oxygen atoms in total. The zero-order valence-corrected chi connectivity index (χ0v) is 16.5. The number of hydrogen-bond acceptors (Lipinski definition) is 3. The first-order valence-corrected chi connectivity index (χ1v) is 9.83. The molecule has 2 rings (SSSR count). The quantitative estimate of drug-likeness (QED) is 0.656. The number of thioether (sulfide) groups is 1. The second kappa shape index (κ2) is 9.14. The molecule has 0 atom stereocenters. The Labute approximate surface area is 156 Å². The van der Waals surface area contributed by atoms with Gasteiger partial charge in [-0.3, -0.25) is 4.79 Å². The number of benzene rings is 2. The maximum atomic E-state index is 12.0. The van der Waals surface area contributed by atoms with Gasteiger partial charge in [-0.05, 0) is 53.6 Å². The van der Waals surface area contributed by atoms with Gasteiger partial charge in [0.1, 0.15) is 5.75 Å². The van der Waals surface area contributed by atoms with Crippen LogP contribution < -0.4 is 10.1 Å². The lowest BCUT2D eigenvalue weighted by Gasteiger charge is -2.14. The lowest BCUT2D eigenvalue weighted by Crippen LogP contribution is -2.28. The number of carbonyl (C=O) groups is 1. The van der Waals surface area contributed by atoms with Crippen molar-refractivity contribution in [1.29, 1.82) is 0 Å². The molecule has 0 aliphatic carbocycles. The van der Waals surface area contributed by atoms with E-state index in [1.165, 1.54) is 4.90 Å². The summed E-state index contributed by atoms with van der Waals surface area (Å²) < 4.78 is 6.71. The summed E-state index contributed by atoms with van der Waals surface area (Å²) >= 11 is 5.17. The van der Waals surface area contributed by atoms with Crippen LogP contribution in [-0.4, -0.2) is 18.8 Å². The van der Waals surface area contributed by atoms with Crippen molar-refractivity contribution in [2.45, 2.75) is 31.2 Å². The van der Waals surface area contributed by atoms with Gasteiger partial charge >= 0.3 is 0 Å². The summed E-state index contributed by atoms with van der Waals surface area (Å²) in [5, 5.41) is 2.89. The van der Waals surface area contributed by atoms with E-state index >= 15 is 0 Å². The van der Waals surface area contributed by atoms with Crippen molar-refractivity contribution in [3.63, 3.8) is 0 Å². The molecule has 0 unspecified atom stereocenters. The van der Waals surface area contributed by atoms with Gasteiger partial charge in [0.15, 0.2) is 6.61 Å². The molecule has 24 heavy (non-hydrogen) atoms. The molecule has 128 valence electrons. The number of hydrogen-bond donors (Lipinski definition) is 1. The molecule has 1 amide bonds. The van der Waals surface area contributed by atoms with Gasteiger partial charge in [0.05, 0.1) is 0 Å². The number of nitrogens with one attached hydrogen (secondary N) is 1. The summed E-state index contributed by atoms with van der Waals surface area (Å²) in [6.07, 6.45) is 2.04. The first kappa shape index (κ1) is 18.9. The highest BCUT2D eigenvalue weighted by Gasteiger charge is 2.10. The fourth-order valence-electron chi connectivity index (χ4n) is 2.24. The second-order valence-electron chi connectivity index (χ2n) is 5.75. The molecule has 0 spiro atoms. The fraction of sp³-hybridized carbons (Fsp3) is 0.316. The van der Waals surface area contributed by atoms with E-state index in [0.717, 1.165) is 21.3 Å². The molecule has 0 fully saturated rings. The van der Waals surface area contributed by atoms with E-state index < -0.39 is 0 Å². The Morgan fingerprint density at radius 3 is 2.54 bits per heavy atom. The van der Waals surface area contributed by atoms with Crippen molar-refractivity contribution in [3.8, 4) is 5.75 Å². The zero-order valence-electron chi connectivity index (χ0n) is 14.1. The van der Waals surface area contributed by atoms with Gasteiger partial charge in [0.25, 0.3) is 5.91 Å². The molecule has 2 aromatic carbocycles. The molecule has 0 aromatic heterocycles. The maximum Gasteiger partial charge on any atom is 0.258 e. The van der Waals surface area contributed by atoms with Gasteiger partial charge in [-0.15, -0.1) is 11.8 Å². The van der Waals surface area contributed by atoms with Crippen LogP contribution in [0.4, 0.5) is 0 Å². The lowest BCUT2D eigenvalue weighted by molar-refractivity contribution is -0.123. The number of ether oxygens (including phenoxy) is 1. The van der Waals surface area contributed by atoms with Gasteiger partial charge in [-0.2, -0.15) is 0 Å². The van der Waals surface area contributed by atoms with Gasteiger partial charge < -0.3 is 10.1 Å². The standard InChI is InChI=1S/C19H22BrNO2S/c1-13(2)17-10-15(20)6-9-18(17)23-12-19(22)21-11-14-4-7-16(24-3)8-5-14/h4-10,13H,11-12H2,1-3H3,(H,21,22). The maximum absolute atomic E-state index is 12.0. The van der Waals surface area contributed by atoms with Crippen LogP contribution in [0.3, 0.4) is 0 Å². The van der Waals surface area contributed by atoms with Crippen molar-refractivity contribution in [2.24, 2.45) is 0 Å². The Morgan fingerprint density at radius 1 is 1.21 bits per heavy atom. The highest BCUT2D eigenvalue weighted by Crippen LogP contribution is 2.29. The van der Waals surface area contributed by atoms with Gasteiger partial charge in [0, 0.05) is 15.9 Å². The number of carbonyl (C=O) groups excluding carboxylic acids is 1. The van der Waals surface area contributed by atoms with E-state index in [4.69, 9.17) is 4.74 Å². The number of rotatable bonds is 7. The number of amides is 1. The molecular formula is C19H22BrNO2S. The van der Waals surface area contributed by atoms with Crippen LogP contribution in [0, 0.1) is 0 Å². The molecule has 0 radical (unpaired) electrons. The zero-order chi connectivity index (χ0) is 17.5. The lowest BCUT2D eigenvalue weighted by atomic mass is 10.0. The van der Waals surface area contributed by atoms with Crippen molar-refractivity contribution in [2.75, 3.05) is 12.9 Å². The van der Waals surface area contributed by atoms with E-state index in [0.29, 0.717) is 12.5 Å². The van der Waals surface area contributed by atoms with E-state index in [1.807, 2.05) is 36.6 Å². The largest absolute Gasteiger partial charge is 0.483 e. The molecule has 0 heterocycles. The van der Waals surface area contributed by atoms with E-state index in [2.05, 4.69) is 47.2 Å². The third kappa shape index (κ3) is 5.56. The van der Waals surface area contributed by atoms with E-state index in [9.17, 15) is 4.79 Å². The minimum absolute atomic E-state index is 0.0181. The second-order valence-corrected chi connectivity index (χ2v) is 7.55. The Bertz CT molecular complexity index is 686. The van der Waals surface area contributed by atoms with E-state index in [-0.39, 0.29) is 12.5 Å². The Kier molecular flexibility index (Phi) is 7.18. The minimum atomic E-state index is -0.124. The van der Waals surface area contributed by atoms with Crippen LogP contribution >= 0.6 is 27.7 Å². The molecule has 1 N–H and O–H groups in total. The summed E-state index contributed by atoms with van der Waals surface area (Å²) in [6, 6.07) is 14.0. The summed E-state index contributed by atoms with van der Waals surface area (Å²) in [7, 11) is 0. The predicted octanol–water partition coefficient (Wildman–Crippen LogP) is 4.99. The summed E-state index contributed by atoms with van der Waals surface area (Å²) in [5.74, 6) is 0.963. The van der Waals surface area contributed by atoms with Crippen LogP contribution in [-0.2, 0) is 11.3 Å². The first-order valence-electron chi connectivity index (χ1n) is 7.81.